The van der Waals surface area contributed by atoms with Crippen LogP contribution in [0, 0.1) is 5.92 Å². The van der Waals surface area contributed by atoms with Crippen LogP contribution in [-0.4, -0.2) is 30.3 Å². The number of nitrogens with two attached hydrogens (primary N) is 1. The standard InChI is InChI=1S/C9H17N3O3/c1-5(2)8(9(10)15)12-7(14)4-11-6(3)13/h5,8H,4H2,1-3H3,(H2,10,15)(H,11,13)(H,12,14). The maximum Gasteiger partial charge on any atom is 0.240 e. The molecule has 3 amide bonds. The average molecular weight is 215 g/mol. The molecule has 0 fully saturated rings. The highest BCUT2D eigenvalue weighted by Gasteiger charge is 2.21. The molecule has 6 heteroatoms. The second-order valence-corrected chi connectivity index (χ2v) is 3.60. The first-order valence-electron chi connectivity index (χ1n) is 4.67. The van der Waals surface area contributed by atoms with Crippen LogP contribution >= 0.6 is 0 Å². The molecule has 0 heterocycles. The average Bonchev–Trinajstić information content (AvgIpc) is 2.09. The van der Waals surface area contributed by atoms with Gasteiger partial charge in [-0.25, -0.2) is 0 Å². The van der Waals surface area contributed by atoms with Crippen molar-refractivity contribution in [1.29, 1.82) is 0 Å². The highest BCUT2D eigenvalue weighted by atomic mass is 16.2. The summed E-state index contributed by atoms with van der Waals surface area (Å²) in [6.07, 6.45) is 0. The van der Waals surface area contributed by atoms with E-state index in [0.29, 0.717) is 0 Å². The third kappa shape index (κ3) is 5.66. The van der Waals surface area contributed by atoms with Gasteiger partial charge in [-0.3, -0.25) is 14.4 Å². The highest BCUT2D eigenvalue weighted by molar-refractivity contribution is 5.89. The first kappa shape index (κ1) is 13.4. The number of carbonyl (C=O) groups is 3. The van der Waals surface area contributed by atoms with E-state index >= 15 is 0 Å². The molecule has 0 aromatic rings. The number of rotatable bonds is 5. The zero-order valence-electron chi connectivity index (χ0n) is 9.16. The first-order chi connectivity index (χ1) is 6.84. The van der Waals surface area contributed by atoms with Crippen molar-refractivity contribution in [2.45, 2.75) is 26.8 Å². The molecule has 0 saturated carbocycles. The highest BCUT2D eigenvalue weighted by Crippen LogP contribution is 1.99. The van der Waals surface area contributed by atoms with Gasteiger partial charge < -0.3 is 16.4 Å². The molecule has 0 aliphatic rings. The summed E-state index contributed by atoms with van der Waals surface area (Å²) >= 11 is 0. The number of amides is 3. The Morgan fingerprint density at radius 3 is 2.13 bits per heavy atom. The zero-order valence-corrected chi connectivity index (χ0v) is 9.16. The topological polar surface area (TPSA) is 101 Å². The summed E-state index contributed by atoms with van der Waals surface area (Å²) in [5.74, 6) is -1.39. The van der Waals surface area contributed by atoms with Gasteiger partial charge in [0.1, 0.15) is 6.04 Å². The second-order valence-electron chi connectivity index (χ2n) is 3.60. The lowest BCUT2D eigenvalue weighted by molar-refractivity contribution is -0.129. The maximum absolute atomic E-state index is 11.2. The maximum atomic E-state index is 11.2. The Kier molecular flexibility index (Phi) is 5.36. The lowest BCUT2D eigenvalue weighted by Crippen LogP contribution is -2.50. The van der Waals surface area contributed by atoms with Crippen LogP contribution in [0.25, 0.3) is 0 Å². The van der Waals surface area contributed by atoms with Crippen LogP contribution in [0.15, 0.2) is 0 Å². The molecule has 86 valence electrons. The fraction of sp³-hybridized carbons (Fsp3) is 0.667. The van der Waals surface area contributed by atoms with Gasteiger partial charge in [0.05, 0.1) is 6.54 Å². The number of primary amides is 1. The molecule has 0 bridgehead atoms. The summed E-state index contributed by atoms with van der Waals surface area (Å²) in [5, 5.41) is 4.77. The van der Waals surface area contributed by atoms with Crippen LogP contribution in [0.5, 0.6) is 0 Å². The fourth-order valence-electron chi connectivity index (χ4n) is 0.996. The van der Waals surface area contributed by atoms with E-state index in [9.17, 15) is 14.4 Å². The van der Waals surface area contributed by atoms with Gasteiger partial charge in [-0.05, 0) is 5.92 Å². The molecule has 1 atom stereocenters. The lowest BCUT2D eigenvalue weighted by Gasteiger charge is -2.18. The van der Waals surface area contributed by atoms with E-state index in [2.05, 4.69) is 10.6 Å². The third-order valence-electron chi connectivity index (χ3n) is 1.79. The number of hydrogen-bond acceptors (Lipinski definition) is 3. The third-order valence-corrected chi connectivity index (χ3v) is 1.79. The van der Waals surface area contributed by atoms with Gasteiger partial charge >= 0.3 is 0 Å². The van der Waals surface area contributed by atoms with Gasteiger partial charge in [0, 0.05) is 6.92 Å². The van der Waals surface area contributed by atoms with E-state index in [1.54, 1.807) is 13.8 Å². The van der Waals surface area contributed by atoms with Crippen molar-refractivity contribution in [2.24, 2.45) is 11.7 Å². The Balaban J connectivity index is 4.12. The molecular weight excluding hydrogens is 198 g/mol. The molecule has 0 aliphatic heterocycles. The van der Waals surface area contributed by atoms with E-state index < -0.39 is 17.9 Å². The molecule has 0 saturated heterocycles. The van der Waals surface area contributed by atoms with Crippen molar-refractivity contribution < 1.29 is 14.4 Å². The SMILES string of the molecule is CC(=O)NCC(=O)NC(C(N)=O)C(C)C. The Morgan fingerprint density at radius 2 is 1.80 bits per heavy atom. The predicted molar refractivity (Wildman–Crippen MR) is 54.6 cm³/mol. The smallest absolute Gasteiger partial charge is 0.240 e. The molecule has 0 rings (SSSR count). The Morgan fingerprint density at radius 1 is 1.27 bits per heavy atom. The van der Waals surface area contributed by atoms with Crippen molar-refractivity contribution in [3.8, 4) is 0 Å². The summed E-state index contributed by atoms with van der Waals surface area (Å²) < 4.78 is 0. The quantitative estimate of drug-likeness (QED) is 0.534. The summed E-state index contributed by atoms with van der Waals surface area (Å²) in [7, 11) is 0. The van der Waals surface area contributed by atoms with E-state index in [-0.39, 0.29) is 18.4 Å². The van der Waals surface area contributed by atoms with Crippen LogP contribution in [0.1, 0.15) is 20.8 Å². The van der Waals surface area contributed by atoms with Gasteiger partial charge in [0.25, 0.3) is 0 Å². The number of carbonyl (C=O) groups excluding carboxylic acids is 3. The van der Waals surface area contributed by atoms with Crippen LogP contribution in [0.3, 0.4) is 0 Å². The van der Waals surface area contributed by atoms with Crippen molar-refractivity contribution in [3.05, 3.63) is 0 Å². The van der Waals surface area contributed by atoms with E-state index in [1.807, 2.05) is 0 Å². The van der Waals surface area contributed by atoms with Gasteiger partial charge in [-0.1, -0.05) is 13.8 Å². The van der Waals surface area contributed by atoms with Gasteiger partial charge in [0.2, 0.25) is 17.7 Å². The minimum absolute atomic E-state index is 0.0798. The van der Waals surface area contributed by atoms with Gasteiger partial charge in [0.15, 0.2) is 0 Å². The van der Waals surface area contributed by atoms with Crippen LogP contribution in [0.2, 0.25) is 0 Å². The Labute approximate surface area is 88.6 Å². The largest absolute Gasteiger partial charge is 0.368 e. The second kappa shape index (κ2) is 6.00. The molecular formula is C9H17N3O3. The number of hydrogen-bond donors (Lipinski definition) is 3. The molecule has 1 unspecified atom stereocenters. The predicted octanol–water partition coefficient (Wildman–Crippen LogP) is -1.25. The van der Waals surface area contributed by atoms with Gasteiger partial charge in [-0.15, -0.1) is 0 Å². The monoisotopic (exact) mass is 215 g/mol. The fourth-order valence-corrected chi connectivity index (χ4v) is 0.996. The summed E-state index contributed by atoms with van der Waals surface area (Å²) in [4.78, 5) is 32.7. The number of nitrogens with one attached hydrogen (secondary N) is 2. The van der Waals surface area contributed by atoms with E-state index in [1.165, 1.54) is 6.92 Å². The normalized spacial score (nSPS) is 12.0. The molecule has 0 radical (unpaired) electrons. The summed E-state index contributed by atoms with van der Waals surface area (Å²) in [5.41, 5.74) is 5.10. The summed E-state index contributed by atoms with van der Waals surface area (Å²) in [6, 6.07) is -0.703. The first-order valence-corrected chi connectivity index (χ1v) is 4.67. The van der Waals surface area contributed by atoms with Crippen molar-refractivity contribution in [2.75, 3.05) is 6.54 Å². The van der Waals surface area contributed by atoms with E-state index in [0.717, 1.165) is 0 Å². The zero-order chi connectivity index (χ0) is 12.0. The van der Waals surface area contributed by atoms with E-state index in [4.69, 9.17) is 5.73 Å². The minimum atomic E-state index is -0.703. The van der Waals surface area contributed by atoms with Crippen molar-refractivity contribution in [3.63, 3.8) is 0 Å². The van der Waals surface area contributed by atoms with Crippen LogP contribution in [-0.2, 0) is 14.4 Å². The Hall–Kier alpha value is -1.59. The molecule has 0 aromatic carbocycles. The Bertz CT molecular complexity index is 263. The van der Waals surface area contributed by atoms with Crippen molar-refractivity contribution in [1.82, 2.24) is 10.6 Å². The summed E-state index contributed by atoms with van der Waals surface area (Å²) in [6.45, 7) is 4.70. The minimum Gasteiger partial charge on any atom is -0.368 e. The van der Waals surface area contributed by atoms with Crippen molar-refractivity contribution >= 4 is 17.7 Å². The molecule has 0 aliphatic carbocycles. The lowest BCUT2D eigenvalue weighted by atomic mass is 10.0. The van der Waals surface area contributed by atoms with Crippen LogP contribution < -0.4 is 16.4 Å². The molecule has 0 aromatic heterocycles. The molecule has 6 nitrogen and oxygen atoms in total. The molecule has 15 heavy (non-hydrogen) atoms. The molecule has 0 spiro atoms. The molecule has 4 N–H and O–H groups in total. The van der Waals surface area contributed by atoms with Crippen LogP contribution in [0.4, 0.5) is 0 Å². The van der Waals surface area contributed by atoms with Gasteiger partial charge in [-0.2, -0.15) is 0 Å².